The standard InChI is InChI=1S/C24H20FN5O3/c1-15-26-23(30-29-15)16-7-6-8-17(13-16)27-24(32)18-9-2-5-12-21(18)33-14-22(31)28-20-11-4-3-10-19(20)25/h2-13H,14H2,1H3,(H,27,32)(H,28,31)(H,26,29,30). The van der Waals surface area contributed by atoms with Gasteiger partial charge in [0.1, 0.15) is 17.4 Å². The molecule has 0 bridgehead atoms. The SMILES string of the molecule is Cc1nc(-c2cccc(NC(=O)c3ccccc3OCC(=O)Nc3ccccc3F)c2)n[nH]1. The number of carbonyl (C=O) groups excluding carboxylic acids is 2. The van der Waals surface area contributed by atoms with Crippen LogP contribution in [0.2, 0.25) is 0 Å². The number of H-pyrrole nitrogens is 1. The van der Waals surface area contributed by atoms with Gasteiger partial charge in [-0.25, -0.2) is 9.37 Å². The average molecular weight is 445 g/mol. The molecule has 0 atom stereocenters. The second-order valence-corrected chi connectivity index (χ2v) is 7.09. The van der Waals surface area contributed by atoms with Gasteiger partial charge in [-0.3, -0.25) is 14.7 Å². The lowest BCUT2D eigenvalue weighted by Gasteiger charge is -2.12. The molecular weight excluding hydrogens is 425 g/mol. The molecule has 8 nitrogen and oxygen atoms in total. The zero-order valence-corrected chi connectivity index (χ0v) is 17.6. The topological polar surface area (TPSA) is 109 Å². The van der Waals surface area contributed by atoms with E-state index in [4.69, 9.17) is 4.74 Å². The van der Waals surface area contributed by atoms with Crippen LogP contribution in [0.5, 0.6) is 5.75 Å². The Morgan fingerprint density at radius 3 is 2.58 bits per heavy atom. The van der Waals surface area contributed by atoms with Crippen molar-refractivity contribution in [2.45, 2.75) is 6.92 Å². The second kappa shape index (κ2) is 9.73. The maximum absolute atomic E-state index is 13.7. The maximum atomic E-state index is 13.7. The van der Waals surface area contributed by atoms with Gasteiger partial charge in [0.05, 0.1) is 11.3 Å². The number of para-hydroxylation sites is 2. The molecule has 3 N–H and O–H groups in total. The highest BCUT2D eigenvalue weighted by atomic mass is 19.1. The quantitative estimate of drug-likeness (QED) is 0.395. The highest BCUT2D eigenvalue weighted by Gasteiger charge is 2.15. The molecule has 4 rings (SSSR count). The molecule has 0 saturated heterocycles. The molecule has 2 amide bonds. The van der Waals surface area contributed by atoms with Crippen molar-refractivity contribution in [2.24, 2.45) is 0 Å². The number of anilines is 2. The van der Waals surface area contributed by atoms with Crippen molar-refractivity contribution in [3.8, 4) is 17.1 Å². The van der Waals surface area contributed by atoms with E-state index in [9.17, 15) is 14.0 Å². The van der Waals surface area contributed by atoms with Gasteiger partial charge >= 0.3 is 0 Å². The molecule has 0 unspecified atom stereocenters. The fourth-order valence-electron chi connectivity index (χ4n) is 3.08. The first-order chi connectivity index (χ1) is 16.0. The van der Waals surface area contributed by atoms with E-state index in [2.05, 4.69) is 25.8 Å². The Morgan fingerprint density at radius 2 is 1.79 bits per heavy atom. The van der Waals surface area contributed by atoms with Crippen molar-refractivity contribution >= 4 is 23.2 Å². The van der Waals surface area contributed by atoms with Gasteiger partial charge in [0.15, 0.2) is 12.4 Å². The first kappa shape index (κ1) is 21.7. The Bertz CT molecular complexity index is 1300. The Hall–Kier alpha value is -4.53. The number of aromatic amines is 1. The summed E-state index contributed by atoms with van der Waals surface area (Å²) in [6.07, 6.45) is 0. The molecule has 0 spiro atoms. The Labute approximate surface area is 188 Å². The summed E-state index contributed by atoms with van der Waals surface area (Å²) >= 11 is 0. The van der Waals surface area contributed by atoms with Gasteiger partial charge in [0.25, 0.3) is 11.8 Å². The Morgan fingerprint density at radius 1 is 1.00 bits per heavy atom. The minimum Gasteiger partial charge on any atom is -0.483 e. The number of benzene rings is 3. The van der Waals surface area contributed by atoms with Crippen molar-refractivity contribution in [1.82, 2.24) is 15.2 Å². The highest BCUT2D eigenvalue weighted by molar-refractivity contribution is 6.06. The van der Waals surface area contributed by atoms with E-state index in [1.54, 1.807) is 55.5 Å². The zero-order chi connectivity index (χ0) is 23.2. The monoisotopic (exact) mass is 445 g/mol. The number of halogens is 1. The molecular formula is C24H20FN5O3. The Balaban J connectivity index is 1.43. The van der Waals surface area contributed by atoms with Crippen LogP contribution in [0.25, 0.3) is 11.4 Å². The van der Waals surface area contributed by atoms with Crippen LogP contribution in [-0.4, -0.2) is 33.6 Å². The number of hydrogen-bond acceptors (Lipinski definition) is 5. The van der Waals surface area contributed by atoms with Crippen LogP contribution in [-0.2, 0) is 4.79 Å². The van der Waals surface area contributed by atoms with Crippen molar-refractivity contribution in [2.75, 3.05) is 17.2 Å². The third-order valence-electron chi connectivity index (χ3n) is 4.61. The number of amides is 2. The van der Waals surface area contributed by atoms with Gasteiger partial charge in [0, 0.05) is 11.3 Å². The molecule has 0 saturated carbocycles. The Kier molecular flexibility index (Phi) is 6.40. The van der Waals surface area contributed by atoms with Crippen molar-refractivity contribution < 1.29 is 18.7 Å². The number of carbonyl (C=O) groups is 2. The number of aromatic nitrogens is 3. The van der Waals surface area contributed by atoms with Crippen LogP contribution in [0.3, 0.4) is 0 Å². The van der Waals surface area contributed by atoms with Crippen LogP contribution in [0.1, 0.15) is 16.2 Å². The van der Waals surface area contributed by atoms with E-state index in [0.29, 0.717) is 17.3 Å². The molecule has 0 aliphatic heterocycles. The summed E-state index contributed by atoms with van der Waals surface area (Å²) in [4.78, 5) is 29.3. The first-order valence-electron chi connectivity index (χ1n) is 10.1. The van der Waals surface area contributed by atoms with Crippen molar-refractivity contribution in [1.29, 1.82) is 0 Å². The minimum atomic E-state index is -0.551. The van der Waals surface area contributed by atoms with E-state index < -0.39 is 24.2 Å². The van der Waals surface area contributed by atoms with Crippen LogP contribution < -0.4 is 15.4 Å². The molecule has 1 heterocycles. The van der Waals surface area contributed by atoms with Gasteiger partial charge in [0.2, 0.25) is 0 Å². The predicted molar refractivity (Wildman–Crippen MR) is 121 cm³/mol. The molecule has 3 aromatic carbocycles. The number of ether oxygens (including phenoxy) is 1. The number of nitrogens with zero attached hydrogens (tertiary/aromatic N) is 2. The normalized spacial score (nSPS) is 10.5. The summed E-state index contributed by atoms with van der Waals surface area (Å²) in [7, 11) is 0. The molecule has 0 fully saturated rings. The van der Waals surface area contributed by atoms with E-state index in [1.165, 1.54) is 18.2 Å². The van der Waals surface area contributed by atoms with Crippen molar-refractivity contribution in [3.05, 3.63) is 90.0 Å². The fraction of sp³-hybridized carbons (Fsp3) is 0.0833. The van der Waals surface area contributed by atoms with Crippen LogP contribution in [0.15, 0.2) is 72.8 Å². The summed E-state index contributed by atoms with van der Waals surface area (Å²) in [5.41, 5.74) is 1.59. The van der Waals surface area contributed by atoms with Crippen LogP contribution in [0.4, 0.5) is 15.8 Å². The highest BCUT2D eigenvalue weighted by Crippen LogP contribution is 2.23. The lowest BCUT2D eigenvalue weighted by Crippen LogP contribution is -2.22. The molecule has 1 aromatic heterocycles. The first-order valence-corrected chi connectivity index (χ1v) is 10.1. The summed E-state index contributed by atoms with van der Waals surface area (Å²) in [5.74, 6) is -0.0847. The summed E-state index contributed by atoms with van der Waals surface area (Å²) in [6.45, 7) is 1.41. The van der Waals surface area contributed by atoms with Gasteiger partial charge in [-0.05, 0) is 43.3 Å². The number of nitrogens with one attached hydrogen (secondary N) is 3. The van der Waals surface area contributed by atoms with E-state index in [-0.39, 0.29) is 17.0 Å². The van der Waals surface area contributed by atoms with Crippen molar-refractivity contribution in [3.63, 3.8) is 0 Å². The molecule has 33 heavy (non-hydrogen) atoms. The van der Waals surface area contributed by atoms with E-state index in [1.807, 2.05) is 6.07 Å². The molecule has 4 aromatic rings. The summed E-state index contributed by atoms with van der Waals surface area (Å²) in [6, 6.07) is 19.5. The largest absolute Gasteiger partial charge is 0.483 e. The van der Waals surface area contributed by atoms with Gasteiger partial charge in [-0.2, -0.15) is 5.10 Å². The zero-order valence-electron chi connectivity index (χ0n) is 17.6. The van der Waals surface area contributed by atoms with Crippen LogP contribution >= 0.6 is 0 Å². The lowest BCUT2D eigenvalue weighted by atomic mass is 10.1. The van der Waals surface area contributed by atoms with Gasteiger partial charge in [-0.1, -0.05) is 36.4 Å². The third-order valence-corrected chi connectivity index (χ3v) is 4.61. The van der Waals surface area contributed by atoms with E-state index >= 15 is 0 Å². The molecule has 9 heteroatoms. The number of rotatable bonds is 7. The minimum absolute atomic E-state index is 0.0543. The van der Waals surface area contributed by atoms with E-state index in [0.717, 1.165) is 5.56 Å². The fourth-order valence-corrected chi connectivity index (χ4v) is 3.08. The molecule has 0 aliphatic rings. The summed E-state index contributed by atoms with van der Waals surface area (Å²) < 4.78 is 19.3. The molecule has 166 valence electrons. The maximum Gasteiger partial charge on any atom is 0.262 e. The average Bonchev–Trinajstić information content (AvgIpc) is 3.26. The lowest BCUT2D eigenvalue weighted by molar-refractivity contribution is -0.118. The predicted octanol–water partition coefficient (Wildman–Crippen LogP) is 4.19. The van der Waals surface area contributed by atoms with Gasteiger partial charge in [-0.15, -0.1) is 0 Å². The number of aryl methyl sites for hydroxylation is 1. The third kappa shape index (κ3) is 5.40. The molecule has 0 radical (unpaired) electrons. The number of hydrogen-bond donors (Lipinski definition) is 3. The van der Waals surface area contributed by atoms with Crippen LogP contribution in [0, 0.1) is 12.7 Å². The second-order valence-electron chi connectivity index (χ2n) is 7.09. The molecule has 0 aliphatic carbocycles. The van der Waals surface area contributed by atoms with Gasteiger partial charge < -0.3 is 15.4 Å². The smallest absolute Gasteiger partial charge is 0.262 e. The summed E-state index contributed by atoms with van der Waals surface area (Å²) in [5, 5.41) is 12.2.